The lowest BCUT2D eigenvalue weighted by atomic mass is 9.37. The highest BCUT2D eigenvalue weighted by Gasteiger charge is 2.71. The maximum absolute atomic E-state index is 13.5. The Morgan fingerprint density at radius 3 is 1.83 bits per heavy atom. The van der Waals surface area contributed by atoms with E-state index in [9.17, 15) is 18.3 Å². The Kier molecular flexibility index (Phi) is 4.34. The summed E-state index contributed by atoms with van der Waals surface area (Å²) < 4.78 is 40.6. The predicted molar refractivity (Wildman–Crippen MR) is 89.5 cm³/mol. The standard InChI is InChI=1S/C20H33F3O/c1-13(2)19(20(21,22)23)11-18(12-19)9-15(10-18)17(3,4)14-5-7-16(24)8-6-14/h13-16,24H,5-12H2,1-4H3. The quantitative estimate of drug-likeness (QED) is 0.668. The van der Waals surface area contributed by atoms with Crippen LogP contribution in [0.4, 0.5) is 13.2 Å². The van der Waals surface area contributed by atoms with Gasteiger partial charge in [0.15, 0.2) is 0 Å². The van der Waals surface area contributed by atoms with Gasteiger partial charge in [-0.05, 0) is 80.0 Å². The summed E-state index contributed by atoms with van der Waals surface area (Å²) in [5, 5.41) is 9.71. The second-order valence-electron chi connectivity index (χ2n) is 10.1. The molecule has 0 heterocycles. The molecule has 1 spiro atoms. The van der Waals surface area contributed by atoms with Crippen molar-refractivity contribution < 1.29 is 18.3 Å². The lowest BCUT2D eigenvalue weighted by Crippen LogP contribution is -2.63. The maximum Gasteiger partial charge on any atom is 0.394 e. The van der Waals surface area contributed by atoms with Crippen LogP contribution in [-0.4, -0.2) is 17.4 Å². The van der Waals surface area contributed by atoms with Crippen molar-refractivity contribution in [1.82, 2.24) is 0 Å². The van der Waals surface area contributed by atoms with Crippen LogP contribution in [0.25, 0.3) is 0 Å². The van der Waals surface area contributed by atoms with E-state index in [0.29, 0.717) is 24.7 Å². The molecule has 140 valence electrons. The van der Waals surface area contributed by atoms with Crippen molar-refractivity contribution in [2.75, 3.05) is 0 Å². The van der Waals surface area contributed by atoms with Crippen LogP contribution < -0.4 is 0 Å². The molecule has 24 heavy (non-hydrogen) atoms. The molecule has 0 radical (unpaired) electrons. The zero-order valence-corrected chi connectivity index (χ0v) is 15.5. The fraction of sp³-hybridized carbons (Fsp3) is 1.00. The third-order valence-corrected chi connectivity index (χ3v) is 8.21. The van der Waals surface area contributed by atoms with E-state index < -0.39 is 11.6 Å². The van der Waals surface area contributed by atoms with E-state index in [1.165, 1.54) is 0 Å². The molecule has 1 nitrogen and oxygen atoms in total. The molecule has 0 aromatic heterocycles. The van der Waals surface area contributed by atoms with Gasteiger partial charge in [-0.3, -0.25) is 0 Å². The number of hydrogen-bond acceptors (Lipinski definition) is 1. The van der Waals surface area contributed by atoms with Gasteiger partial charge < -0.3 is 5.11 Å². The number of hydrogen-bond donors (Lipinski definition) is 1. The summed E-state index contributed by atoms with van der Waals surface area (Å²) >= 11 is 0. The number of aliphatic hydroxyl groups is 1. The first-order valence-corrected chi connectivity index (χ1v) is 9.67. The summed E-state index contributed by atoms with van der Waals surface area (Å²) in [5.41, 5.74) is -1.27. The second kappa shape index (κ2) is 5.62. The molecule has 0 atom stereocenters. The first-order valence-electron chi connectivity index (χ1n) is 9.67. The Morgan fingerprint density at radius 2 is 1.42 bits per heavy atom. The van der Waals surface area contributed by atoms with E-state index in [0.717, 1.165) is 38.5 Å². The van der Waals surface area contributed by atoms with Gasteiger partial charge >= 0.3 is 6.18 Å². The van der Waals surface area contributed by atoms with Gasteiger partial charge in [0.1, 0.15) is 0 Å². The van der Waals surface area contributed by atoms with E-state index in [1.54, 1.807) is 13.8 Å². The van der Waals surface area contributed by atoms with E-state index >= 15 is 0 Å². The van der Waals surface area contributed by atoms with E-state index in [4.69, 9.17) is 0 Å². The van der Waals surface area contributed by atoms with Gasteiger partial charge in [-0.15, -0.1) is 0 Å². The van der Waals surface area contributed by atoms with Crippen LogP contribution in [0, 0.1) is 34.0 Å². The largest absolute Gasteiger partial charge is 0.394 e. The van der Waals surface area contributed by atoms with Crippen LogP contribution in [-0.2, 0) is 0 Å². The molecule has 0 aliphatic heterocycles. The summed E-state index contributed by atoms with van der Waals surface area (Å²) in [6.07, 6.45) is 2.34. The van der Waals surface area contributed by atoms with Gasteiger partial charge in [-0.1, -0.05) is 27.7 Å². The Morgan fingerprint density at radius 1 is 0.917 bits per heavy atom. The number of aliphatic hydroxyl groups excluding tert-OH is 1. The molecule has 0 bridgehead atoms. The van der Waals surface area contributed by atoms with Crippen molar-refractivity contribution in [1.29, 1.82) is 0 Å². The highest BCUT2D eigenvalue weighted by atomic mass is 19.4. The van der Waals surface area contributed by atoms with Crippen LogP contribution in [0.1, 0.15) is 79.1 Å². The maximum atomic E-state index is 13.5. The molecule has 3 rings (SSSR count). The lowest BCUT2D eigenvalue weighted by molar-refractivity contribution is -0.321. The molecule has 0 aromatic rings. The van der Waals surface area contributed by atoms with Crippen LogP contribution >= 0.6 is 0 Å². The highest BCUT2D eigenvalue weighted by Crippen LogP contribution is 2.75. The van der Waals surface area contributed by atoms with Crippen LogP contribution in [0.2, 0.25) is 0 Å². The minimum absolute atomic E-state index is 0.0318. The van der Waals surface area contributed by atoms with Gasteiger partial charge in [0.05, 0.1) is 11.5 Å². The van der Waals surface area contributed by atoms with Crippen molar-refractivity contribution in [3.05, 3.63) is 0 Å². The Hall–Kier alpha value is -0.250. The molecule has 3 saturated carbocycles. The van der Waals surface area contributed by atoms with Crippen molar-refractivity contribution >= 4 is 0 Å². The normalized spacial score (nSPS) is 43.6. The van der Waals surface area contributed by atoms with Gasteiger partial charge in [0.25, 0.3) is 0 Å². The summed E-state index contributed by atoms with van der Waals surface area (Å²) in [4.78, 5) is 0. The monoisotopic (exact) mass is 346 g/mol. The number of rotatable bonds is 3. The third-order valence-electron chi connectivity index (χ3n) is 8.21. The number of halogens is 3. The average Bonchev–Trinajstić information content (AvgIpc) is 2.33. The molecule has 3 aliphatic carbocycles. The van der Waals surface area contributed by atoms with Crippen LogP contribution in [0.5, 0.6) is 0 Å². The molecular weight excluding hydrogens is 313 g/mol. The van der Waals surface area contributed by atoms with Crippen molar-refractivity contribution in [3.8, 4) is 0 Å². The molecular formula is C20H33F3O. The van der Waals surface area contributed by atoms with Crippen molar-refractivity contribution in [3.63, 3.8) is 0 Å². The summed E-state index contributed by atoms with van der Waals surface area (Å²) in [6, 6.07) is 0. The smallest absolute Gasteiger partial charge is 0.393 e. The molecule has 1 N–H and O–H groups in total. The fourth-order valence-corrected chi connectivity index (χ4v) is 6.18. The summed E-state index contributed by atoms with van der Waals surface area (Å²) in [5.74, 6) is 0.840. The minimum Gasteiger partial charge on any atom is -0.393 e. The SMILES string of the molecule is CC(C)C1(C(F)(F)F)CC2(CC(C(C)(C)C3CCC(O)CC3)C2)C1. The fourth-order valence-electron chi connectivity index (χ4n) is 6.18. The predicted octanol–water partition coefficient (Wildman–Crippen LogP) is 5.96. The average molecular weight is 346 g/mol. The van der Waals surface area contributed by atoms with Gasteiger partial charge in [-0.2, -0.15) is 13.2 Å². The first-order chi connectivity index (χ1) is 10.9. The van der Waals surface area contributed by atoms with Crippen molar-refractivity contribution in [2.24, 2.45) is 34.0 Å². The van der Waals surface area contributed by atoms with Gasteiger partial charge in [0.2, 0.25) is 0 Å². The number of alkyl halides is 3. The highest BCUT2D eigenvalue weighted by molar-refractivity contribution is 5.15. The van der Waals surface area contributed by atoms with E-state index in [1.807, 2.05) is 0 Å². The molecule has 0 aromatic carbocycles. The second-order valence-corrected chi connectivity index (χ2v) is 10.1. The molecule has 3 aliphatic rings. The van der Waals surface area contributed by atoms with Crippen LogP contribution in [0.3, 0.4) is 0 Å². The zero-order chi connectivity index (χ0) is 18.0. The van der Waals surface area contributed by atoms with Crippen LogP contribution in [0.15, 0.2) is 0 Å². The lowest BCUT2D eigenvalue weighted by Gasteiger charge is -2.68. The summed E-state index contributed by atoms with van der Waals surface area (Å²) in [7, 11) is 0. The van der Waals surface area contributed by atoms with Crippen molar-refractivity contribution in [2.45, 2.75) is 91.3 Å². The molecule has 3 fully saturated rings. The van der Waals surface area contributed by atoms with E-state index in [2.05, 4.69) is 13.8 Å². The Bertz CT molecular complexity index is 458. The minimum atomic E-state index is -4.06. The third kappa shape index (κ3) is 2.71. The Labute approximate surface area is 144 Å². The molecule has 0 unspecified atom stereocenters. The topological polar surface area (TPSA) is 20.2 Å². The van der Waals surface area contributed by atoms with Gasteiger partial charge in [0, 0.05) is 0 Å². The molecule has 0 amide bonds. The molecule has 0 saturated heterocycles. The van der Waals surface area contributed by atoms with Gasteiger partial charge in [-0.25, -0.2) is 0 Å². The Balaban J connectivity index is 1.60. The first kappa shape index (κ1) is 18.5. The summed E-state index contributed by atoms with van der Waals surface area (Å²) in [6.45, 7) is 8.08. The molecule has 4 heteroatoms. The zero-order valence-electron chi connectivity index (χ0n) is 15.5. The van der Waals surface area contributed by atoms with E-state index in [-0.39, 0.29) is 22.9 Å².